The fourth-order valence-electron chi connectivity index (χ4n) is 4.98. The van der Waals surface area contributed by atoms with Gasteiger partial charge in [0.15, 0.2) is 0 Å². The molecule has 1 unspecified atom stereocenters. The number of nitrogens with zero attached hydrogens (tertiary/aromatic N) is 6. The molecule has 47 heavy (non-hydrogen) atoms. The third-order valence-electron chi connectivity index (χ3n) is 7.50. The molecule has 11 heteroatoms. The third kappa shape index (κ3) is 10.6. The molecular formula is C36H44N10O. The topological polar surface area (TPSA) is 142 Å². The second-order valence-corrected chi connectivity index (χ2v) is 11.7. The van der Waals surface area contributed by atoms with E-state index in [9.17, 15) is 10.1 Å². The molecule has 11 nitrogen and oxygen atoms in total. The van der Waals surface area contributed by atoms with Gasteiger partial charge in [0.05, 0.1) is 24.6 Å². The van der Waals surface area contributed by atoms with Crippen LogP contribution >= 0.6 is 0 Å². The second kappa shape index (κ2) is 18.0. The van der Waals surface area contributed by atoms with Gasteiger partial charge in [-0.05, 0) is 62.0 Å². The van der Waals surface area contributed by atoms with Gasteiger partial charge in [0.25, 0.3) is 0 Å². The highest BCUT2D eigenvalue weighted by molar-refractivity contribution is 6.05. The lowest BCUT2D eigenvalue weighted by molar-refractivity contribution is -0.111. The number of carbonyl (C=O) groups is 1. The zero-order valence-corrected chi connectivity index (χ0v) is 27.6. The van der Waals surface area contributed by atoms with E-state index in [2.05, 4.69) is 63.5 Å². The van der Waals surface area contributed by atoms with Gasteiger partial charge in [-0.2, -0.15) is 5.26 Å². The van der Waals surface area contributed by atoms with Crippen LogP contribution in [0.3, 0.4) is 0 Å². The van der Waals surface area contributed by atoms with E-state index in [0.717, 1.165) is 38.9 Å². The molecule has 1 aliphatic heterocycles. The molecule has 0 spiro atoms. The number of rotatable bonds is 8. The number of aliphatic imine (C=N–C) groups is 3. The van der Waals surface area contributed by atoms with Crippen LogP contribution in [0.25, 0.3) is 22.0 Å². The van der Waals surface area contributed by atoms with Crippen molar-refractivity contribution in [3.63, 3.8) is 0 Å². The molecular weight excluding hydrogens is 588 g/mol. The largest absolute Gasteiger partial charge is 0.331 e. The Labute approximate surface area is 277 Å². The van der Waals surface area contributed by atoms with Crippen LogP contribution in [-0.2, 0) is 11.3 Å². The summed E-state index contributed by atoms with van der Waals surface area (Å²) in [5, 5.41) is 17.7. The Morgan fingerprint density at radius 2 is 1.89 bits per heavy atom. The standard InChI is InChI=1S/C36H44N10O/c1-26(2)33-23-43-44-25-39-17-14-27(21-37)13-16-38-24-42-36(33)41-22-29-8-5-6-9-31(29)35-32-12-11-30(20-28(32)15-18-40-35)45-34(47)10-7-19-46(3)4/h5-12,15,18,20,23-27,43H,13-14,16-17,19,22H2,1-4H3,(H,39,44)(H,45,47)(H,38,41,42)/b10-7+,33-23-. The Morgan fingerprint density at radius 3 is 2.66 bits per heavy atom. The zero-order valence-electron chi connectivity index (χ0n) is 27.6. The van der Waals surface area contributed by atoms with E-state index in [-0.39, 0.29) is 17.7 Å². The van der Waals surface area contributed by atoms with Crippen LogP contribution in [0.5, 0.6) is 0 Å². The average Bonchev–Trinajstić information content (AvgIpc) is 3.06. The average molecular weight is 633 g/mol. The highest BCUT2D eigenvalue weighted by Crippen LogP contribution is 2.31. The second-order valence-electron chi connectivity index (χ2n) is 11.7. The minimum absolute atomic E-state index is 0.0976. The first kappa shape index (κ1) is 34.5. The molecule has 1 aliphatic rings. The molecule has 1 aromatic heterocycles. The Kier molecular flexibility index (Phi) is 13.2. The van der Waals surface area contributed by atoms with Crippen molar-refractivity contribution in [3.05, 3.63) is 84.2 Å². The molecule has 0 bridgehead atoms. The fraction of sp³-hybridized carbons (Fsp3) is 0.333. The number of nitriles is 1. The van der Waals surface area contributed by atoms with E-state index in [0.29, 0.717) is 44.9 Å². The van der Waals surface area contributed by atoms with Crippen molar-refractivity contribution in [1.82, 2.24) is 26.1 Å². The molecule has 3 aromatic rings. The van der Waals surface area contributed by atoms with Crippen LogP contribution in [0.1, 0.15) is 32.3 Å². The minimum atomic E-state index is -0.169. The normalized spacial score (nSPS) is 18.1. The lowest BCUT2D eigenvalue weighted by atomic mass is 9.99. The first-order valence-corrected chi connectivity index (χ1v) is 15.8. The summed E-state index contributed by atoms with van der Waals surface area (Å²) >= 11 is 0. The van der Waals surface area contributed by atoms with E-state index in [1.165, 1.54) is 0 Å². The van der Waals surface area contributed by atoms with Gasteiger partial charge in [-0.25, -0.2) is 0 Å². The van der Waals surface area contributed by atoms with Gasteiger partial charge in [-0.3, -0.25) is 30.2 Å². The maximum absolute atomic E-state index is 12.4. The summed E-state index contributed by atoms with van der Waals surface area (Å²) in [4.78, 5) is 33.1. The Hall–Kier alpha value is -5.34. The van der Waals surface area contributed by atoms with Crippen molar-refractivity contribution < 1.29 is 4.79 Å². The van der Waals surface area contributed by atoms with E-state index in [1.807, 2.05) is 67.7 Å². The highest BCUT2D eigenvalue weighted by Gasteiger charge is 2.14. The summed E-state index contributed by atoms with van der Waals surface area (Å²) in [5.41, 5.74) is 10.6. The number of pyridine rings is 1. The van der Waals surface area contributed by atoms with E-state index < -0.39 is 0 Å². The van der Waals surface area contributed by atoms with Crippen LogP contribution in [0.15, 0.2) is 93.6 Å². The molecule has 0 radical (unpaired) electrons. The van der Waals surface area contributed by atoms with Crippen molar-refractivity contribution in [3.8, 4) is 17.3 Å². The van der Waals surface area contributed by atoms with Gasteiger partial charge in [0.1, 0.15) is 12.2 Å². The maximum atomic E-state index is 12.4. The molecule has 2 aromatic carbocycles. The number of hydrazine groups is 1. The van der Waals surface area contributed by atoms with Crippen molar-refractivity contribution >= 4 is 40.9 Å². The van der Waals surface area contributed by atoms with Gasteiger partial charge < -0.3 is 21.0 Å². The summed E-state index contributed by atoms with van der Waals surface area (Å²) in [6, 6.07) is 18.3. The van der Waals surface area contributed by atoms with Crippen molar-refractivity contribution in [1.29, 1.82) is 5.26 Å². The number of nitrogens with one attached hydrogen (secondary N) is 4. The summed E-state index contributed by atoms with van der Waals surface area (Å²) < 4.78 is 0. The molecule has 244 valence electrons. The van der Waals surface area contributed by atoms with Gasteiger partial charge in [-0.15, -0.1) is 0 Å². The first-order valence-electron chi connectivity index (χ1n) is 15.8. The molecule has 0 aliphatic carbocycles. The molecule has 1 amide bonds. The zero-order chi connectivity index (χ0) is 33.4. The summed E-state index contributed by atoms with van der Waals surface area (Å²) in [5.74, 6) is 0.562. The maximum Gasteiger partial charge on any atom is 0.248 e. The van der Waals surface area contributed by atoms with Crippen LogP contribution in [0.4, 0.5) is 5.69 Å². The number of aromatic nitrogens is 1. The van der Waals surface area contributed by atoms with Crippen LogP contribution in [0.2, 0.25) is 0 Å². The van der Waals surface area contributed by atoms with Crippen molar-refractivity contribution in [2.24, 2.45) is 26.8 Å². The number of hydrogen-bond donors (Lipinski definition) is 4. The first-order chi connectivity index (χ1) is 22.9. The predicted molar refractivity (Wildman–Crippen MR) is 192 cm³/mol. The third-order valence-corrected chi connectivity index (χ3v) is 7.50. The predicted octanol–water partition coefficient (Wildman–Crippen LogP) is 5.07. The minimum Gasteiger partial charge on any atom is -0.331 e. The van der Waals surface area contributed by atoms with Gasteiger partial charge in [-0.1, -0.05) is 50.3 Å². The molecule has 4 rings (SSSR count). The molecule has 0 fully saturated rings. The van der Waals surface area contributed by atoms with Gasteiger partial charge in [0, 0.05) is 66.2 Å². The van der Waals surface area contributed by atoms with Crippen LogP contribution in [0, 0.1) is 23.2 Å². The van der Waals surface area contributed by atoms with Gasteiger partial charge in [0.2, 0.25) is 5.91 Å². The number of anilines is 1. The van der Waals surface area contributed by atoms with E-state index >= 15 is 0 Å². The van der Waals surface area contributed by atoms with Crippen LogP contribution < -0.4 is 21.5 Å². The number of amidine groups is 1. The number of carbonyl (C=O) groups excluding carboxylic acids is 1. The highest BCUT2D eigenvalue weighted by atomic mass is 16.1. The molecule has 2 heterocycles. The Balaban J connectivity index is 1.61. The summed E-state index contributed by atoms with van der Waals surface area (Å²) in [6.45, 7) is 6.40. The monoisotopic (exact) mass is 632 g/mol. The van der Waals surface area contributed by atoms with E-state index in [4.69, 9.17) is 9.98 Å². The number of hydrogen-bond acceptors (Lipinski definition) is 9. The lowest BCUT2D eigenvalue weighted by Crippen LogP contribution is -2.31. The fourth-order valence-corrected chi connectivity index (χ4v) is 4.98. The number of amides is 1. The lowest BCUT2D eigenvalue weighted by Gasteiger charge is -2.16. The number of fused-ring (bicyclic) bond motifs is 1. The number of likely N-dealkylation sites (N-methyl/N-ethyl adjacent to an activating group) is 1. The number of benzene rings is 2. The Morgan fingerprint density at radius 1 is 1.11 bits per heavy atom. The van der Waals surface area contributed by atoms with Crippen molar-refractivity contribution in [2.75, 3.05) is 39.0 Å². The van der Waals surface area contributed by atoms with Crippen LogP contribution in [-0.4, -0.2) is 68.0 Å². The van der Waals surface area contributed by atoms with E-state index in [1.54, 1.807) is 24.9 Å². The summed E-state index contributed by atoms with van der Waals surface area (Å²) in [7, 11) is 3.91. The Bertz CT molecular complexity index is 1700. The molecule has 0 saturated carbocycles. The smallest absolute Gasteiger partial charge is 0.248 e. The molecule has 4 N–H and O–H groups in total. The molecule has 0 saturated heterocycles. The SMILES string of the molecule is CC(C)/C1=C/NNC=NCCC(C#N)CCN=CNC1=NCc1ccccc1-c1nccc2cc(NC(=O)/C=C/CN(C)C)ccc12. The molecule has 1 atom stereocenters. The summed E-state index contributed by atoms with van der Waals surface area (Å²) in [6.07, 6.45) is 11.7. The van der Waals surface area contributed by atoms with Gasteiger partial charge >= 0.3 is 0 Å². The van der Waals surface area contributed by atoms with Crippen molar-refractivity contribution in [2.45, 2.75) is 33.2 Å². The quantitative estimate of drug-likeness (QED) is 0.254.